The van der Waals surface area contributed by atoms with Crippen LogP contribution in [0.4, 0.5) is 11.4 Å². The molecular formula is C23H32ClN3O3S. The number of benzene rings is 2. The van der Waals surface area contributed by atoms with Gasteiger partial charge in [0.25, 0.3) is 0 Å². The molecular weight excluding hydrogens is 434 g/mol. The lowest BCUT2D eigenvalue weighted by Gasteiger charge is -2.32. The normalized spacial score (nSPS) is 12.8. The highest BCUT2D eigenvalue weighted by atomic mass is 35.5. The molecule has 2 aromatic rings. The molecule has 0 aliphatic carbocycles. The number of nitrogens with one attached hydrogen (secondary N) is 1. The van der Waals surface area contributed by atoms with E-state index < -0.39 is 10.0 Å². The van der Waals surface area contributed by atoms with E-state index in [4.69, 9.17) is 11.6 Å². The molecule has 0 radical (unpaired) electrons. The van der Waals surface area contributed by atoms with Crippen LogP contribution in [0.15, 0.2) is 47.4 Å². The second kappa shape index (κ2) is 10.5. The number of carbonyl (C=O) groups excluding carboxylic acids is 1. The molecule has 170 valence electrons. The number of halogens is 1. The summed E-state index contributed by atoms with van der Waals surface area (Å²) in [7, 11) is 0.00909. The molecule has 0 saturated heterocycles. The minimum atomic E-state index is -3.81. The van der Waals surface area contributed by atoms with Crippen molar-refractivity contribution in [3.05, 3.63) is 53.1 Å². The maximum atomic E-state index is 13.6. The second-order valence-electron chi connectivity index (χ2n) is 8.13. The summed E-state index contributed by atoms with van der Waals surface area (Å²) >= 11 is 6.08. The molecule has 1 unspecified atom stereocenters. The van der Waals surface area contributed by atoms with Gasteiger partial charge in [-0.2, -0.15) is 4.31 Å². The molecule has 0 aromatic heterocycles. The number of nitrogens with zero attached hydrogens (tertiary/aromatic N) is 2. The van der Waals surface area contributed by atoms with Gasteiger partial charge in [-0.1, -0.05) is 38.4 Å². The summed E-state index contributed by atoms with van der Waals surface area (Å²) in [4.78, 5) is 14.0. The van der Waals surface area contributed by atoms with Crippen molar-refractivity contribution in [3.8, 4) is 0 Å². The summed E-state index contributed by atoms with van der Waals surface area (Å²) in [5, 5.41) is 3.23. The lowest BCUT2D eigenvalue weighted by Crippen LogP contribution is -2.41. The van der Waals surface area contributed by atoms with Gasteiger partial charge in [0.2, 0.25) is 15.9 Å². The molecule has 8 heteroatoms. The van der Waals surface area contributed by atoms with E-state index in [1.165, 1.54) is 10.4 Å². The zero-order valence-electron chi connectivity index (χ0n) is 19.0. The fourth-order valence-corrected chi connectivity index (χ4v) is 5.23. The van der Waals surface area contributed by atoms with Crippen LogP contribution in [0.2, 0.25) is 5.02 Å². The Morgan fingerprint density at radius 3 is 2.32 bits per heavy atom. The van der Waals surface area contributed by atoms with E-state index in [1.54, 1.807) is 25.1 Å². The van der Waals surface area contributed by atoms with Crippen molar-refractivity contribution in [1.29, 1.82) is 0 Å². The highest BCUT2D eigenvalue weighted by Crippen LogP contribution is 2.30. The van der Waals surface area contributed by atoms with Crippen molar-refractivity contribution in [1.82, 2.24) is 4.31 Å². The Morgan fingerprint density at radius 1 is 1.10 bits per heavy atom. The molecule has 0 fully saturated rings. The third-order valence-corrected chi connectivity index (χ3v) is 7.48. The molecule has 0 spiro atoms. The maximum Gasteiger partial charge on any atom is 0.243 e. The maximum absolute atomic E-state index is 13.6. The Kier molecular flexibility index (Phi) is 8.51. The van der Waals surface area contributed by atoms with Gasteiger partial charge in [-0.25, -0.2) is 8.42 Å². The Morgan fingerprint density at radius 2 is 1.77 bits per heavy atom. The van der Waals surface area contributed by atoms with E-state index in [2.05, 4.69) is 5.32 Å². The van der Waals surface area contributed by atoms with E-state index in [1.807, 2.05) is 58.0 Å². The number of amides is 1. The van der Waals surface area contributed by atoms with Gasteiger partial charge in [-0.15, -0.1) is 0 Å². The van der Waals surface area contributed by atoms with Crippen LogP contribution in [0.3, 0.4) is 0 Å². The van der Waals surface area contributed by atoms with Gasteiger partial charge in [0.15, 0.2) is 0 Å². The van der Waals surface area contributed by atoms with E-state index >= 15 is 0 Å². The van der Waals surface area contributed by atoms with Crippen LogP contribution in [0.25, 0.3) is 0 Å². The molecule has 0 bridgehead atoms. The average molecular weight is 466 g/mol. The van der Waals surface area contributed by atoms with Gasteiger partial charge < -0.3 is 10.2 Å². The highest BCUT2D eigenvalue weighted by molar-refractivity contribution is 7.89. The predicted octanol–water partition coefficient (Wildman–Crippen LogP) is 4.99. The first-order valence-corrected chi connectivity index (χ1v) is 12.2. The van der Waals surface area contributed by atoms with Gasteiger partial charge in [0, 0.05) is 49.5 Å². The Hall–Kier alpha value is -2.09. The lowest BCUT2D eigenvalue weighted by atomic mass is 10.1. The van der Waals surface area contributed by atoms with Gasteiger partial charge in [-0.05, 0) is 54.8 Å². The Balaban J connectivity index is 2.56. The summed E-state index contributed by atoms with van der Waals surface area (Å²) < 4.78 is 28.7. The topological polar surface area (TPSA) is 69.7 Å². The van der Waals surface area contributed by atoms with E-state index in [0.29, 0.717) is 17.1 Å². The highest BCUT2D eigenvalue weighted by Gasteiger charge is 2.31. The van der Waals surface area contributed by atoms with Gasteiger partial charge >= 0.3 is 0 Å². The van der Waals surface area contributed by atoms with Crippen LogP contribution in [0, 0.1) is 5.92 Å². The van der Waals surface area contributed by atoms with Crippen molar-refractivity contribution >= 4 is 38.9 Å². The first-order chi connectivity index (χ1) is 14.5. The summed E-state index contributed by atoms with van der Waals surface area (Å²) in [5.74, 6) is 0.00208. The quantitative estimate of drug-likeness (QED) is 0.566. The SMILES string of the molecule is CCC(=O)Nc1ccc(N(C)C)c(CN(C(C)C(C)C)S(=O)(=O)c2cccc(Cl)c2)c1. The third kappa shape index (κ3) is 6.21. The minimum absolute atomic E-state index is 0.0949. The number of rotatable bonds is 9. The van der Waals surface area contributed by atoms with Crippen LogP contribution in [-0.4, -0.2) is 38.8 Å². The van der Waals surface area contributed by atoms with E-state index in [9.17, 15) is 13.2 Å². The number of anilines is 2. The van der Waals surface area contributed by atoms with E-state index in [0.717, 1.165) is 11.3 Å². The monoisotopic (exact) mass is 465 g/mol. The number of hydrogen-bond acceptors (Lipinski definition) is 4. The Labute approximate surface area is 191 Å². The third-order valence-electron chi connectivity index (χ3n) is 5.31. The first kappa shape index (κ1) is 25.2. The van der Waals surface area contributed by atoms with Crippen LogP contribution in [-0.2, 0) is 21.4 Å². The minimum Gasteiger partial charge on any atom is -0.377 e. The first-order valence-electron chi connectivity index (χ1n) is 10.3. The number of carbonyl (C=O) groups is 1. The summed E-state index contributed by atoms with van der Waals surface area (Å²) in [6.45, 7) is 7.85. The van der Waals surface area contributed by atoms with Gasteiger partial charge in [-0.3, -0.25) is 4.79 Å². The molecule has 0 heterocycles. The standard InChI is InChI=1S/C23H32ClN3O3S/c1-7-23(28)25-20-11-12-22(26(5)6)18(13-20)15-27(17(4)16(2)3)31(29,30)21-10-8-9-19(24)14-21/h8-14,16-17H,7,15H2,1-6H3,(H,25,28). The van der Waals surface area contributed by atoms with Crippen molar-refractivity contribution in [2.45, 2.75) is 51.6 Å². The predicted molar refractivity (Wildman–Crippen MR) is 128 cm³/mol. The molecule has 6 nitrogen and oxygen atoms in total. The smallest absolute Gasteiger partial charge is 0.243 e. The van der Waals surface area contributed by atoms with Crippen LogP contribution >= 0.6 is 11.6 Å². The zero-order chi connectivity index (χ0) is 23.3. The molecule has 0 aliphatic rings. The summed E-state index contributed by atoms with van der Waals surface area (Å²) in [6, 6.07) is 11.6. The molecule has 0 saturated carbocycles. The molecule has 1 amide bonds. The van der Waals surface area contributed by atoms with Crippen LogP contribution in [0.5, 0.6) is 0 Å². The summed E-state index contributed by atoms with van der Waals surface area (Å²) in [5.41, 5.74) is 2.33. The number of sulfonamides is 1. The van der Waals surface area contributed by atoms with Gasteiger partial charge in [0.05, 0.1) is 4.90 Å². The zero-order valence-corrected chi connectivity index (χ0v) is 20.6. The van der Waals surface area contributed by atoms with Crippen molar-refractivity contribution in [2.24, 2.45) is 5.92 Å². The average Bonchev–Trinajstić information content (AvgIpc) is 2.71. The lowest BCUT2D eigenvalue weighted by molar-refractivity contribution is -0.115. The molecule has 1 N–H and O–H groups in total. The van der Waals surface area contributed by atoms with E-state index in [-0.39, 0.29) is 29.3 Å². The largest absolute Gasteiger partial charge is 0.377 e. The van der Waals surface area contributed by atoms with Crippen molar-refractivity contribution in [2.75, 3.05) is 24.3 Å². The molecule has 0 aliphatic heterocycles. The Bertz CT molecular complexity index is 1020. The molecule has 31 heavy (non-hydrogen) atoms. The number of hydrogen-bond donors (Lipinski definition) is 1. The fourth-order valence-electron chi connectivity index (χ4n) is 3.19. The fraction of sp³-hybridized carbons (Fsp3) is 0.435. The van der Waals surface area contributed by atoms with Gasteiger partial charge in [0.1, 0.15) is 0 Å². The van der Waals surface area contributed by atoms with Crippen LogP contribution in [0.1, 0.15) is 39.7 Å². The molecule has 2 rings (SSSR count). The second-order valence-corrected chi connectivity index (χ2v) is 10.5. The summed E-state index contributed by atoms with van der Waals surface area (Å²) in [6.07, 6.45) is 0.365. The van der Waals surface area contributed by atoms with Crippen molar-refractivity contribution in [3.63, 3.8) is 0 Å². The van der Waals surface area contributed by atoms with Crippen molar-refractivity contribution < 1.29 is 13.2 Å². The molecule has 2 aromatic carbocycles. The molecule has 1 atom stereocenters. The van der Waals surface area contributed by atoms with Crippen LogP contribution < -0.4 is 10.2 Å².